The summed E-state index contributed by atoms with van der Waals surface area (Å²) in [6.45, 7) is 0.319. The van der Waals surface area contributed by atoms with E-state index in [1.165, 1.54) is 4.90 Å². The average Bonchev–Trinajstić information content (AvgIpc) is 2.91. The number of ketones is 1. The van der Waals surface area contributed by atoms with Crippen LogP contribution in [-0.4, -0.2) is 16.8 Å². The highest BCUT2D eigenvalue weighted by atomic mass is 35.5. The summed E-state index contributed by atoms with van der Waals surface area (Å²) in [7, 11) is 0. The van der Waals surface area contributed by atoms with Gasteiger partial charge >= 0.3 is 0 Å². The molecule has 5 heteroatoms. The second kappa shape index (κ2) is 7.23. The van der Waals surface area contributed by atoms with Crippen LogP contribution in [0.4, 0.5) is 5.69 Å². The van der Waals surface area contributed by atoms with Gasteiger partial charge in [0.05, 0.1) is 23.7 Å². The van der Waals surface area contributed by atoms with E-state index in [0.717, 1.165) is 5.56 Å². The Morgan fingerprint density at radius 3 is 2.32 bits per heavy atom. The number of hydrogen-bond acceptors (Lipinski definition) is 3. The molecule has 0 spiro atoms. The zero-order chi connectivity index (χ0) is 19.7. The smallest absolute Gasteiger partial charge is 0.264 e. The van der Waals surface area contributed by atoms with Crippen molar-refractivity contribution in [3.05, 3.63) is 101 Å². The lowest BCUT2D eigenvalue weighted by atomic mass is 9.88. The standard InChI is InChI=1S/C23H18ClNO3/c24-19-12-6-4-10-17(19)21(26)14-23(28)18-11-5-7-13-20(18)25(22(23)27)15-16-8-2-1-3-9-16/h1-13,28H,14-15H2/t23-/m0/s1. The van der Waals surface area contributed by atoms with Gasteiger partial charge in [-0.1, -0.05) is 72.3 Å². The number of halogens is 1. The second-order valence-electron chi connectivity index (χ2n) is 6.83. The molecule has 1 aliphatic rings. The molecule has 4 rings (SSSR count). The van der Waals surface area contributed by atoms with Gasteiger partial charge in [0.1, 0.15) is 0 Å². The van der Waals surface area contributed by atoms with Gasteiger partial charge in [0.25, 0.3) is 5.91 Å². The minimum Gasteiger partial charge on any atom is -0.375 e. The summed E-state index contributed by atoms with van der Waals surface area (Å²) in [6.07, 6.45) is -0.363. The molecule has 0 bridgehead atoms. The summed E-state index contributed by atoms with van der Waals surface area (Å²) >= 11 is 6.12. The lowest BCUT2D eigenvalue weighted by Gasteiger charge is -2.23. The summed E-state index contributed by atoms with van der Waals surface area (Å²) in [4.78, 5) is 27.6. The normalized spacial score (nSPS) is 18.2. The molecular formula is C23H18ClNO3. The van der Waals surface area contributed by atoms with Crippen molar-refractivity contribution in [3.8, 4) is 0 Å². The summed E-state index contributed by atoms with van der Waals surface area (Å²) in [5.74, 6) is -0.879. The molecular weight excluding hydrogens is 374 g/mol. The summed E-state index contributed by atoms with van der Waals surface area (Å²) in [5.41, 5.74) is 0.376. The molecule has 1 amide bonds. The van der Waals surface area contributed by atoms with Gasteiger partial charge in [0, 0.05) is 11.1 Å². The van der Waals surface area contributed by atoms with Crippen LogP contribution < -0.4 is 4.90 Å². The number of benzene rings is 3. The van der Waals surface area contributed by atoms with Gasteiger partial charge in [-0.15, -0.1) is 0 Å². The van der Waals surface area contributed by atoms with Crippen LogP contribution in [-0.2, 0) is 16.9 Å². The Balaban J connectivity index is 1.70. The van der Waals surface area contributed by atoms with E-state index in [-0.39, 0.29) is 12.2 Å². The molecule has 1 atom stereocenters. The molecule has 3 aromatic carbocycles. The van der Waals surface area contributed by atoms with Crippen LogP contribution in [0.2, 0.25) is 5.02 Å². The van der Waals surface area contributed by atoms with Gasteiger partial charge in [-0.25, -0.2) is 0 Å². The molecule has 0 aromatic heterocycles. The lowest BCUT2D eigenvalue weighted by Crippen LogP contribution is -2.41. The van der Waals surface area contributed by atoms with Gasteiger partial charge in [-0.2, -0.15) is 0 Å². The van der Waals surface area contributed by atoms with Crippen LogP contribution in [0.15, 0.2) is 78.9 Å². The number of para-hydroxylation sites is 1. The third-order valence-electron chi connectivity index (χ3n) is 5.01. The predicted molar refractivity (Wildman–Crippen MR) is 108 cm³/mol. The van der Waals surface area contributed by atoms with Gasteiger partial charge < -0.3 is 10.0 Å². The van der Waals surface area contributed by atoms with E-state index in [0.29, 0.717) is 28.4 Å². The average molecular weight is 392 g/mol. The Kier molecular flexibility index (Phi) is 4.75. The maximum absolute atomic E-state index is 13.2. The van der Waals surface area contributed by atoms with E-state index in [1.807, 2.05) is 36.4 Å². The van der Waals surface area contributed by atoms with Crippen molar-refractivity contribution in [1.29, 1.82) is 0 Å². The molecule has 1 N–H and O–H groups in total. The highest BCUT2D eigenvalue weighted by molar-refractivity contribution is 6.34. The molecule has 4 nitrogen and oxygen atoms in total. The van der Waals surface area contributed by atoms with E-state index in [1.54, 1.807) is 42.5 Å². The highest BCUT2D eigenvalue weighted by Crippen LogP contribution is 2.43. The highest BCUT2D eigenvalue weighted by Gasteiger charge is 2.50. The fourth-order valence-corrected chi connectivity index (χ4v) is 3.86. The maximum atomic E-state index is 13.2. The van der Waals surface area contributed by atoms with E-state index < -0.39 is 11.5 Å². The lowest BCUT2D eigenvalue weighted by molar-refractivity contribution is -0.136. The van der Waals surface area contributed by atoms with Gasteiger partial charge in [0.15, 0.2) is 11.4 Å². The maximum Gasteiger partial charge on any atom is 0.264 e. The van der Waals surface area contributed by atoms with Crippen molar-refractivity contribution in [2.24, 2.45) is 0 Å². The minimum absolute atomic E-state index is 0.296. The van der Waals surface area contributed by atoms with Gasteiger partial charge in [0.2, 0.25) is 0 Å². The zero-order valence-electron chi connectivity index (χ0n) is 15.0. The SMILES string of the molecule is O=C(C[C@@]1(O)C(=O)N(Cc2ccccc2)c2ccccc21)c1ccccc1Cl. The van der Waals surface area contributed by atoms with E-state index in [9.17, 15) is 14.7 Å². The fourth-order valence-electron chi connectivity index (χ4n) is 3.62. The first kappa shape index (κ1) is 18.4. The molecule has 0 aliphatic carbocycles. The van der Waals surface area contributed by atoms with Crippen LogP contribution >= 0.6 is 11.6 Å². The summed E-state index contributed by atoms with van der Waals surface area (Å²) < 4.78 is 0. The Bertz CT molecular complexity index is 1050. The van der Waals surface area contributed by atoms with Crippen LogP contribution in [0.1, 0.15) is 27.9 Å². The molecule has 0 saturated carbocycles. The third-order valence-corrected chi connectivity index (χ3v) is 5.34. The predicted octanol–water partition coefficient (Wildman–Crippen LogP) is 4.35. The quantitative estimate of drug-likeness (QED) is 0.658. The molecule has 0 unspecified atom stereocenters. The van der Waals surface area contributed by atoms with Crippen LogP contribution in [0.3, 0.4) is 0 Å². The van der Waals surface area contributed by atoms with Crippen LogP contribution in [0, 0.1) is 0 Å². The Morgan fingerprint density at radius 2 is 1.57 bits per heavy atom. The van der Waals surface area contributed by atoms with E-state index in [4.69, 9.17) is 11.6 Å². The Morgan fingerprint density at radius 1 is 0.929 bits per heavy atom. The number of carbonyl (C=O) groups is 2. The number of carbonyl (C=O) groups excluding carboxylic acids is 2. The van der Waals surface area contributed by atoms with Crippen molar-refractivity contribution in [3.63, 3.8) is 0 Å². The van der Waals surface area contributed by atoms with E-state index in [2.05, 4.69) is 0 Å². The molecule has 1 heterocycles. The van der Waals surface area contributed by atoms with Crippen molar-refractivity contribution < 1.29 is 14.7 Å². The number of hydrogen-bond donors (Lipinski definition) is 1. The van der Waals surface area contributed by atoms with Crippen LogP contribution in [0.25, 0.3) is 0 Å². The monoisotopic (exact) mass is 391 g/mol. The summed E-state index contributed by atoms with van der Waals surface area (Å²) in [5, 5.41) is 11.6. The first-order valence-electron chi connectivity index (χ1n) is 8.96. The number of fused-ring (bicyclic) bond motifs is 1. The number of amides is 1. The molecule has 0 radical (unpaired) electrons. The number of rotatable bonds is 5. The fraction of sp³-hybridized carbons (Fsp3) is 0.130. The number of aliphatic hydroxyl groups is 1. The Hall–Kier alpha value is -2.95. The van der Waals surface area contributed by atoms with Crippen LogP contribution in [0.5, 0.6) is 0 Å². The van der Waals surface area contributed by atoms with Gasteiger partial charge in [-0.3, -0.25) is 9.59 Å². The van der Waals surface area contributed by atoms with Crippen molar-refractivity contribution in [2.75, 3.05) is 4.90 Å². The minimum atomic E-state index is -1.92. The summed E-state index contributed by atoms with van der Waals surface area (Å²) in [6, 6.07) is 23.2. The number of nitrogens with zero attached hydrogens (tertiary/aromatic N) is 1. The van der Waals surface area contributed by atoms with Gasteiger partial charge in [-0.05, 0) is 23.8 Å². The molecule has 0 fully saturated rings. The van der Waals surface area contributed by atoms with Crippen molar-refractivity contribution in [2.45, 2.75) is 18.6 Å². The third kappa shape index (κ3) is 3.11. The largest absolute Gasteiger partial charge is 0.375 e. The number of Topliss-reactive ketones (excluding diaryl/α,β-unsaturated/α-hetero) is 1. The molecule has 3 aromatic rings. The Labute approximate surface area is 168 Å². The molecule has 0 saturated heterocycles. The second-order valence-corrected chi connectivity index (χ2v) is 7.24. The first-order chi connectivity index (χ1) is 13.5. The topological polar surface area (TPSA) is 57.6 Å². The first-order valence-corrected chi connectivity index (χ1v) is 9.34. The van der Waals surface area contributed by atoms with Crippen molar-refractivity contribution in [1.82, 2.24) is 0 Å². The number of anilines is 1. The molecule has 1 aliphatic heterocycles. The van der Waals surface area contributed by atoms with E-state index >= 15 is 0 Å². The molecule has 140 valence electrons. The van der Waals surface area contributed by atoms with Crippen molar-refractivity contribution >= 4 is 29.0 Å². The zero-order valence-corrected chi connectivity index (χ0v) is 15.8. The molecule has 28 heavy (non-hydrogen) atoms.